The third-order valence-electron chi connectivity index (χ3n) is 5.23. The van der Waals surface area contributed by atoms with Crippen molar-refractivity contribution in [3.05, 3.63) is 53.0 Å². The molecular weight excluding hydrogens is 400 g/mol. The summed E-state index contributed by atoms with van der Waals surface area (Å²) in [7, 11) is 0. The average molecular weight is 425 g/mol. The van der Waals surface area contributed by atoms with E-state index in [4.69, 9.17) is 0 Å². The van der Waals surface area contributed by atoms with Crippen molar-refractivity contribution in [1.82, 2.24) is 25.6 Å². The number of amides is 2. The Labute approximate surface area is 179 Å². The van der Waals surface area contributed by atoms with E-state index in [-0.39, 0.29) is 11.1 Å². The lowest BCUT2D eigenvalue weighted by molar-refractivity contribution is -0.115. The Balaban J connectivity index is 1.24. The van der Waals surface area contributed by atoms with Crippen LogP contribution in [0.3, 0.4) is 0 Å². The molecule has 0 spiro atoms. The van der Waals surface area contributed by atoms with Gasteiger partial charge in [-0.05, 0) is 74.2 Å². The van der Waals surface area contributed by atoms with E-state index in [1.807, 2.05) is 12.3 Å². The molecule has 1 aliphatic heterocycles. The number of pyridine rings is 1. The van der Waals surface area contributed by atoms with Crippen molar-refractivity contribution >= 4 is 34.9 Å². The van der Waals surface area contributed by atoms with E-state index in [1.165, 1.54) is 5.56 Å². The first kappa shape index (κ1) is 20.5. The number of carbonyl (C=O) groups is 2. The van der Waals surface area contributed by atoms with Crippen LogP contribution < -0.4 is 16.0 Å². The minimum absolute atomic E-state index is 0.329. The summed E-state index contributed by atoms with van der Waals surface area (Å²) in [6.07, 6.45) is 12.3. The predicted octanol–water partition coefficient (Wildman–Crippen LogP) is 2.75. The van der Waals surface area contributed by atoms with Crippen LogP contribution in [0.2, 0.25) is 0 Å². The van der Waals surface area contributed by atoms with E-state index in [0.29, 0.717) is 28.6 Å². The van der Waals surface area contributed by atoms with E-state index >= 15 is 0 Å². The Bertz CT molecular complexity index is 928. The zero-order valence-electron chi connectivity index (χ0n) is 16.5. The van der Waals surface area contributed by atoms with Crippen LogP contribution in [0.25, 0.3) is 6.08 Å². The van der Waals surface area contributed by atoms with Crippen molar-refractivity contribution in [1.29, 1.82) is 0 Å². The van der Waals surface area contributed by atoms with Crippen LogP contribution in [0, 0.1) is 0 Å². The van der Waals surface area contributed by atoms with Crippen molar-refractivity contribution in [3.8, 4) is 0 Å². The molecule has 4 rings (SSSR count). The number of anilines is 1. The summed E-state index contributed by atoms with van der Waals surface area (Å²) in [6.45, 7) is 0.961. The highest BCUT2D eigenvalue weighted by atomic mass is 32.2. The van der Waals surface area contributed by atoms with Crippen LogP contribution in [-0.4, -0.2) is 44.7 Å². The summed E-state index contributed by atoms with van der Waals surface area (Å²) < 4.78 is 0. The maximum absolute atomic E-state index is 11.7. The Morgan fingerprint density at radius 2 is 1.97 bits per heavy atom. The minimum atomic E-state index is -0.382. The van der Waals surface area contributed by atoms with E-state index in [2.05, 4.69) is 37.0 Å². The Morgan fingerprint density at radius 1 is 1.13 bits per heavy atom. The molecule has 3 N–H and O–H groups in total. The molecule has 30 heavy (non-hydrogen) atoms. The molecule has 8 nitrogen and oxygen atoms in total. The van der Waals surface area contributed by atoms with Crippen molar-refractivity contribution in [2.24, 2.45) is 0 Å². The quantitative estimate of drug-likeness (QED) is 0.582. The molecule has 0 radical (unpaired) electrons. The fourth-order valence-corrected chi connectivity index (χ4v) is 4.34. The van der Waals surface area contributed by atoms with Gasteiger partial charge in [-0.3, -0.25) is 19.9 Å². The molecule has 9 heteroatoms. The second-order valence-electron chi connectivity index (χ2n) is 7.42. The Morgan fingerprint density at radius 3 is 2.70 bits per heavy atom. The van der Waals surface area contributed by atoms with Crippen LogP contribution >= 0.6 is 11.8 Å². The van der Waals surface area contributed by atoms with E-state index in [0.717, 1.165) is 50.4 Å². The van der Waals surface area contributed by atoms with Gasteiger partial charge in [0.1, 0.15) is 0 Å². The maximum atomic E-state index is 11.7. The fourth-order valence-electron chi connectivity index (χ4n) is 3.67. The van der Waals surface area contributed by atoms with Crippen LogP contribution in [0.1, 0.15) is 36.9 Å². The SMILES string of the molecule is O=C1NC(=O)/C(=C/c2ccnc(NC3CCC(NCCc4cccnc4)CC3)n2)S1. The summed E-state index contributed by atoms with van der Waals surface area (Å²) in [4.78, 5) is 36.2. The molecule has 0 aromatic carbocycles. The van der Waals surface area contributed by atoms with E-state index in [1.54, 1.807) is 24.5 Å². The number of hydrogen-bond acceptors (Lipinski definition) is 8. The highest BCUT2D eigenvalue weighted by molar-refractivity contribution is 8.18. The van der Waals surface area contributed by atoms with Crippen molar-refractivity contribution in [2.75, 3.05) is 11.9 Å². The number of nitrogens with one attached hydrogen (secondary N) is 3. The molecular formula is C21H24N6O2S. The molecule has 0 unspecified atom stereocenters. The largest absolute Gasteiger partial charge is 0.351 e. The van der Waals surface area contributed by atoms with Crippen molar-refractivity contribution in [3.63, 3.8) is 0 Å². The van der Waals surface area contributed by atoms with Gasteiger partial charge in [0.25, 0.3) is 11.1 Å². The summed E-state index contributed by atoms with van der Waals surface area (Å²) >= 11 is 0.885. The first-order valence-electron chi connectivity index (χ1n) is 10.1. The van der Waals surface area contributed by atoms with Gasteiger partial charge >= 0.3 is 0 Å². The molecule has 2 aromatic heterocycles. The van der Waals surface area contributed by atoms with Crippen LogP contribution in [0.15, 0.2) is 41.7 Å². The normalized spacial score (nSPS) is 22.9. The Hall–Kier alpha value is -2.78. The molecule has 2 amide bonds. The monoisotopic (exact) mass is 424 g/mol. The molecule has 1 saturated heterocycles. The third kappa shape index (κ3) is 5.64. The van der Waals surface area contributed by atoms with Gasteiger partial charge in [0, 0.05) is 30.7 Å². The number of aromatic nitrogens is 3. The number of imide groups is 1. The van der Waals surface area contributed by atoms with Gasteiger partial charge in [-0.15, -0.1) is 0 Å². The van der Waals surface area contributed by atoms with E-state index in [9.17, 15) is 9.59 Å². The lowest BCUT2D eigenvalue weighted by atomic mass is 9.91. The predicted molar refractivity (Wildman–Crippen MR) is 117 cm³/mol. The highest BCUT2D eigenvalue weighted by Crippen LogP contribution is 2.25. The van der Waals surface area contributed by atoms with Crippen LogP contribution in [0.5, 0.6) is 0 Å². The van der Waals surface area contributed by atoms with Crippen molar-refractivity contribution < 1.29 is 9.59 Å². The average Bonchev–Trinajstić information content (AvgIpc) is 3.07. The number of thioether (sulfide) groups is 1. The van der Waals surface area contributed by atoms with Gasteiger partial charge in [0.15, 0.2) is 0 Å². The van der Waals surface area contributed by atoms with Crippen LogP contribution in [-0.2, 0) is 11.2 Å². The lowest BCUT2D eigenvalue weighted by Crippen LogP contribution is -2.38. The second-order valence-corrected chi connectivity index (χ2v) is 8.43. The van der Waals surface area contributed by atoms with Gasteiger partial charge < -0.3 is 10.6 Å². The number of hydrogen-bond donors (Lipinski definition) is 3. The molecule has 3 heterocycles. The third-order valence-corrected chi connectivity index (χ3v) is 6.04. The summed E-state index contributed by atoms with van der Waals surface area (Å²) in [5, 5.41) is 8.94. The summed E-state index contributed by atoms with van der Waals surface area (Å²) in [6, 6.07) is 6.66. The van der Waals surface area contributed by atoms with Gasteiger partial charge in [0.2, 0.25) is 5.95 Å². The maximum Gasteiger partial charge on any atom is 0.290 e. The standard InChI is InChI=1S/C21H24N6O2S/c28-19-18(30-21(29)27-19)12-17-8-11-24-20(26-17)25-16-5-3-15(4-6-16)23-10-7-14-2-1-9-22-13-14/h1-2,8-9,11-13,15-16,23H,3-7,10H2,(H,24,25,26)(H,27,28,29)/b18-12-. The number of nitrogens with zero attached hydrogens (tertiary/aromatic N) is 3. The topological polar surface area (TPSA) is 109 Å². The first-order chi connectivity index (χ1) is 14.7. The van der Waals surface area contributed by atoms with Crippen LogP contribution in [0.4, 0.5) is 10.7 Å². The zero-order valence-corrected chi connectivity index (χ0v) is 17.3. The molecule has 0 atom stereocenters. The van der Waals surface area contributed by atoms with Gasteiger partial charge in [0.05, 0.1) is 10.6 Å². The second kappa shape index (κ2) is 9.82. The number of rotatable bonds is 7. The highest BCUT2D eigenvalue weighted by Gasteiger charge is 2.25. The molecule has 2 aromatic rings. The summed E-state index contributed by atoms with van der Waals surface area (Å²) in [5.41, 5.74) is 1.86. The molecule has 2 fully saturated rings. The van der Waals surface area contributed by atoms with Gasteiger partial charge in [-0.25, -0.2) is 9.97 Å². The van der Waals surface area contributed by atoms with E-state index < -0.39 is 0 Å². The van der Waals surface area contributed by atoms with Gasteiger partial charge in [-0.2, -0.15) is 0 Å². The molecule has 2 aliphatic rings. The minimum Gasteiger partial charge on any atom is -0.351 e. The molecule has 156 valence electrons. The molecule has 1 saturated carbocycles. The first-order valence-corrected chi connectivity index (χ1v) is 10.9. The van der Waals surface area contributed by atoms with Gasteiger partial charge in [-0.1, -0.05) is 6.07 Å². The Kier molecular flexibility index (Phi) is 6.70. The lowest BCUT2D eigenvalue weighted by Gasteiger charge is -2.29. The fraction of sp³-hybridized carbons (Fsp3) is 0.381. The van der Waals surface area contributed by atoms with Crippen molar-refractivity contribution in [2.45, 2.75) is 44.2 Å². The summed E-state index contributed by atoms with van der Waals surface area (Å²) in [5.74, 6) is 0.166. The molecule has 0 bridgehead atoms. The zero-order chi connectivity index (χ0) is 20.8. The number of carbonyl (C=O) groups excluding carboxylic acids is 2. The smallest absolute Gasteiger partial charge is 0.290 e. The molecule has 1 aliphatic carbocycles.